The molecule has 1 aliphatic carbocycles. The second-order valence-electron chi connectivity index (χ2n) is 11.4. The molecular weight excluding hydrogens is 485 g/mol. The number of allylic oxidation sites excluding steroid dienone is 1. The zero-order valence-corrected chi connectivity index (χ0v) is 23.2. The molecular formula is C27H37Cl2N3O3. The number of aromatic nitrogens is 3. The molecule has 6 nitrogen and oxygen atoms in total. The quantitative estimate of drug-likeness (QED) is 0.277. The fourth-order valence-electron chi connectivity index (χ4n) is 5.90. The zero-order chi connectivity index (χ0) is 26.0. The van der Waals surface area contributed by atoms with E-state index in [1.807, 2.05) is 16.8 Å². The van der Waals surface area contributed by atoms with Crippen molar-refractivity contribution in [3.63, 3.8) is 0 Å². The van der Waals surface area contributed by atoms with Crippen LogP contribution in [0, 0.1) is 28.6 Å². The second kappa shape index (κ2) is 11.0. The molecule has 2 aromatic rings. The predicted octanol–water partition coefficient (Wildman–Crippen LogP) is 7.57. The molecule has 1 aliphatic rings. The number of carbonyl (C=O) groups is 1. The Morgan fingerprint density at radius 2 is 2.00 bits per heavy atom. The zero-order valence-electron chi connectivity index (χ0n) is 21.7. The van der Waals surface area contributed by atoms with Crippen molar-refractivity contribution in [1.82, 2.24) is 14.8 Å². The molecule has 0 bridgehead atoms. The molecule has 0 saturated heterocycles. The summed E-state index contributed by atoms with van der Waals surface area (Å²) in [6, 6.07) is 5.51. The van der Waals surface area contributed by atoms with Crippen LogP contribution in [0.1, 0.15) is 73.3 Å². The summed E-state index contributed by atoms with van der Waals surface area (Å²) in [7, 11) is 0. The molecule has 1 saturated carbocycles. The Bertz CT molecular complexity index is 1050. The van der Waals surface area contributed by atoms with Gasteiger partial charge in [0.2, 0.25) is 0 Å². The minimum atomic E-state index is -0.437. The first kappa shape index (κ1) is 27.7. The van der Waals surface area contributed by atoms with Crippen molar-refractivity contribution < 1.29 is 14.6 Å². The molecule has 3 rings (SSSR count). The number of carbonyl (C=O) groups excluding carboxylic acids is 1. The van der Waals surface area contributed by atoms with Gasteiger partial charge in [0.25, 0.3) is 0 Å². The lowest BCUT2D eigenvalue weighted by Crippen LogP contribution is -2.47. The Balaban J connectivity index is 2.11. The Morgan fingerprint density at radius 3 is 2.54 bits per heavy atom. The van der Waals surface area contributed by atoms with Crippen LogP contribution in [0.25, 0.3) is 11.8 Å². The topological polar surface area (TPSA) is 66.2 Å². The highest BCUT2D eigenvalue weighted by Crippen LogP contribution is 2.56. The van der Waals surface area contributed by atoms with Crippen LogP contribution in [0.5, 0.6) is 0 Å². The van der Waals surface area contributed by atoms with Gasteiger partial charge in [-0.1, -0.05) is 70.8 Å². The third-order valence-corrected chi connectivity index (χ3v) is 7.71. The highest BCUT2D eigenvalue weighted by molar-refractivity contribution is 6.35. The van der Waals surface area contributed by atoms with Crippen LogP contribution < -0.4 is 0 Å². The normalized spacial score (nSPS) is 24.5. The van der Waals surface area contributed by atoms with Gasteiger partial charge in [-0.3, -0.25) is 4.89 Å². The predicted molar refractivity (Wildman–Crippen MR) is 141 cm³/mol. The van der Waals surface area contributed by atoms with Crippen LogP contribution in [-0.4, -0.2) is 26.8 Å². The van der Waals surface area contributed by atoms with Crippen LogP contribution in [-0.2, 0) is 14.6 Å². The van der Waals surface area contributed by atoms with E-state index >= 15 is 0 Å². The van der Waals surface area contributed by atoms with E-state index in [2.05, 4.69) is 57.7 Å². The summed E-state index contributed by atoms with van der Waals surface area (Å²) in [5.74, 6) is 0.326. The SMILES string of the molecule is CC(=O)OOC1CC(C)(C(/C(=C\c2ccc(Cl)cc2Cl)n2cncn2)C(C)(C)C)CCC1C(C)C. The maximum atomic E-state index is 11.5. The first-order chi connectivity index (χ1) is 16.3. The van der Waals surface area contributed by atoms with E-state index in [-0.39, 0.29) is 22.9 Å². The monoisotopic (exact) mass is 521 g/mol. The van der Waals surface area contributed by atoms with Gasteiger partial charge in [0.15, 0.2) is 0 Å². The first-order valence-electron chi connectivity index (χ1n) is 12.2. The van der Waals surface area contributed by atoms with Crippen molar-refractivity contribution in [2.75, 3.05) is 0 Å². The van der Waals surface area contributed by atoms with Gasteiger partial charge in [-0.2, -0.15) is 9.99 Å². The molecule has 192 valence electrons. The average molecular weight is 523 g/mol. The summed E-state index contributed by atoms with van der Waals surface area (Å²) >= 11 is 12.7. The van der Waals surface area contributed by atoms with Gasteiger partial charge >= 0.3 is 5.97 Å². The van der Waals surface area contributed by atoms with Gasteiger partial charge < -0.3 is 0 Å². The molecule has 1 fully saturated rings. The smallest absolute Gasteiger partial charge is 0.298 e. The van der Waals surface area contributed by atoms with Crippen LogP contribution >= 0.6 is 23.2 Å². The Labute approximate surface area is 218 Å². The number of hydrogen-bond acceptors (Lipinski definition) is 5. The van der Waals surface area contributed by atoms with E-state index in [0.29, 0.717) is 21.9 Å². The summed E-state index contributed by atoms with van der Waals surface area (Å²) in [4.78, 5) is 26.6. The third kappa shape index (κ3) is 6.66. The summed E-state index contributed by atoms with van der Waals surface area (Å²) in [6.45, 7) is 14.8. The number of halogens is 2. The highest BCUT2D eigenvalue weighted by atomic mass is 35.5. The van der Waals surface area contributed by atoms with Crippen LogP contribution in [0.4, 0.5) is 0 Å². The molecule has 0 N–H and O–H groups in total. The minimum absolute atomic E-state index is 0.0555. The van der Waals surface area contributed by atoms with Gasteiger partial charge in [0.05, 0.1) is 0 Å². The largest absolute Gasteiger partial charge is 0.339 e. The summed E-state index contributed by atoms with van der Waals surface area (Å²) < 4.78 is 1.84. The fraction of sp³-hybridized carbons (Fsp3) is 0.593. The van der Waals surface area contributed by atoms with Crippen molar-refractivity contribution in [1.29, 1.82) is 0 Å². The molecule has 0 aliphatic heterocycles. The summed E-state index contributed by atoms with van der Waals surface area (Å²) in [6.07, 6.45) is 7.87. The van der Waals surface area contributed by atoms with E-state index in [1.54, 1.807) is 18.7 Å². The lowest BCUT2D eigenvalue weighted by molar-refractivity contribution is -0.318. The van der Waals surface area contributed by atoms with Crippen molar-refractivity contribution in [3.05, 3.63) is 46.5 Å². The van der Waals surface area contributed by atoms with E-state index in [9.17, 15) is 4.79 Å². The van der Waals surface area contributed by atoms with E-state index in [1.165, 1.54) is 6.92 Å². The number of rotatable bonds is 7. The Kier molecular flexibility index (Phi) is 8.72. The van der Waals surface area contributed by atoms with Crippen molar-refractivity contribution in [2.24, 2.45) is 28.6 Å². The lowest BCUT2D eigenvalue weighted by Gasteiger charge is -2.51. The molecule has 0 spiro atoms. The molecule has 4 atom stereocenters. The molecule has 1 aromatic carbocycles. The Morgan fingerprint density at radius 1 is 1.29 bits per heavy atom. The maximum Gasteiger partial charge on any atom is 0.339 e. The summed E-state index contributed by atoms with van der Waals surface area (Å²) in [5.41, 5.74) is 1.55. The van der Waals surface area contributed by atoms with Crippen molar-refractivity contribution in [2.45, 2.75) is 73.8 Å². The van der Waals surface area contributed by atoms with E-state index in [4.69, 9.17) is 33.0 Å². The number of nitrogens with zero attached hydrogens (tertiary/aromatic N) is 3. The van der Waals surface area contributed by atoms with Gasteiger partial charge in [-0.25, -0.2) is 14.5 Å². The standard InChI is InChI=1S/C27H37Cl2N3O3/c1-17(2)21-10-11-27(7,14-24(21)35-34-18(3)33)25(26(4,5)6)23(32-16-30-15-31-32)12-19-8-9-20(28)13-22(19)29/h8-9,12-13,15-17,21,24-25H,10-11,14H2,1-7H3/b23-12+. The molecule has 8 heteroatoms. The molecule has 1 heterocycles. The number of hydrogen-bond donors (Lipinski definition) is 0. The molecule has 35 heavy (non-hydrogen) atoms. The molecule has 4 unspecified atom stereocenters. The molecule has 0 amide bonds. The third-order valence-electron chi connectivity index (χ3n) is 7.15. The average Bonchev–Trinajstić information content (AvgIpc) is 3.27. The summed E-state index contributed by atoms with van der Waals surface area (Å²) in [5, 5.41) is 5.68. The van der Waals surface area contributed by atoms with Gasteiger partial charge in [-0.05, 0) is 65.7 Å². The maximum absolute atomic E-state index is 11.5. The van der Waals surface area contributed by atoms with Crippen LogP contribution in [0.3, 0.4) is 0 Å². The van der Waals surface area contributed by atoms with Crippen molar-refractivity contribution >= 4 is 40.9 Å². The van der Waals surface area contributed by atoms with E-state index < -0.39 is 5.97 Å². The highest BCUT2D eigenvalue weighted by Gasteiger charge is 2.50. The van der Waals surface area contributed by atoms with Crippen LogP contribution in [0.2, 0.25) is 10.0 Å². The first-order valence-corrected chi connectivity index (χ1v) is 12.9. The molecule has 1 aromatic heterocycles. The Hall–Kier alpha value is -1.89. The molecule has 0 radical (unpaired) electrons. The van der Waals surface area contributed by atoms with Crippen LogP contribution in [0.15, 0.2) is 30.9 Å². The van der Waals surface area contributed by atoms with Gasteiger partial charge in [-0.15, -0.1) is 0 Å². The van der Waals surface area contributed by atoms with Gasteiger partial charge in [0, 0.05) is 28.6 Å². The van der Waals surface area contributed by atoms with Crippen molar-refractivity contribution in [3.8, 4) is 0 Å². The lowest BCUT2D eigenvalue weighted by atomic mass is 9.55. The fourth-order valence-corrected chi connectivity index (χ4v) is 6.37. The van der Waals surface area contributed by atoms with E-state index in [0.717, 1.165) is 30.5 Å². The van der Waals surface area contributed by atoms with Gasteiger partial charge in [0.1, 0.15) is 18.8 Å². The minimum Gasteiger partial charge on any atom is -0.298 e. The second-order valence-corrected chi connectivity index (χ2v) is 12.2. The number of benzene rings is 1.